The van der Waals surface area contributed by atoms with E-state index in [0.717, 1.165) is 78.3 Å². The number of hydrogen-bond donors (Lipinski definition) is 2. The molecule has 0 radical (unpaired) electrons. The summed E-state index contributed by atoms with van der Waals surface area (Å²) in [5, 5.41) is 4.06. The van der Waals surface area contributed by atoms with E-state index in [1.54, 1.807) is 12.0 Å². The molecule has 2 aliphatic heterocycles. The Bertz CT molecular complexity index is 1520. The van der Waals surface area contributed by atoms with Crippen LogP contribution >= 0.6 is 0 Å². The van der Waals surface area contributed by atoms with E-state index in [4.69, 9.17) is 9.47 Å². The first-order valence-corrected chi connectivity index (χ1v) is 13.9. The van der Waals surface area contributed by atoms with Crippen LogP contribution in [0.25, 0.3) is 22.2 Å². The van der Waals surface area contributed by atoms with Crippen LogP contribution in [0.5, 0.6) is 5.75 Å². The van der Waals surface area contributed by atoms with Crippen molar-refractivity contribution in [2.24, 2.45) is 0 Å². The number of H-pyrrole nitrogens is 1. The smallest absolute Gasteiger partial charge is 0.255 e. The number of fused-ring (bicyclic) bond motifs is 2. The van der Waals surface area contributed by atoms with Gasteiger partial charge in [-0.05, 0) is 42.8 Å². The minimum absolute atomic E-state index is 0.0210. The van der Waals surface area contributed by atoms with Crippen molar-refractivity contribution in [2.75, 3.05) is 53.0 Å². The molecule has 1 atom stereocenters. The Morgan fingerprint density at radius 1 is 1.05 bits per heavy atom. The van der Waals surface area contributed by atoms with E-state index in [2.05, 4.69) is 21.3 Å². The third-order valence-electron chi connectivity index (χ3n) is 7.83. The maximum absolute atomic E-state index is 13.8. The molecule has 206 valence electrons. The van der Waals surface area contributed by atoms with E-state index in [1.807, 2.05) is 66.7 Å². The monoisotopic (exact) mass is 538 g/mol. The topological polar surface area (TPSA) is 86.9 Å². The van der Waals surface area contributed by atoms with Crippen LogP contribution in [-0.4, -0.2) is 79.6 Å². The molecule has 0 saturated carbocycles. The summed E-state index contributed by atoms with van der Waals surface area (Å²) >= 11 is 0. The third-order valence-corrected chi connectivity index (χ3v) is 7.83. The Labute approximate surface area is 233 Å². The summed E-state index contributed by atoms with van der Waals surface area (Å²) in [5.74, 6) is 0.458. The third kappa shape index (κ3) is 5.08. The Morgan fingerprint density at radius 2 is 1.85 bits per heavy atom. The predicted octanol–water partition coefficient (Wildman–Crippen LogP) is 4.23. The second-order valence-electron chi connectivity index (χ2n) is 10.3. The molecule has 2 N–H and O–H groups in total. The van der Waals surface area contributed by atoms with E-state index in [9.17, 15) is 9.59 Å². The quantitative estimate of drug-likeness (QED) is 0.312. The van der Waals surface area contributed by atoms with Crippen LogP contribution in [0.15, 0.2) is 72.8 Å². The Hall–Kier alpha value is -4.14. The zero-order valence-electron chi connectivity index (χ0n) is 22.7. The fourth-order valence-electron chi connectivity index (χ4n) is 5.86. The van der Waals surface area contributed by atoms with Gasteiger partial charge in [0.25, 0.3) is 5.91 Å². The van der Waals surface area contributed by atoms with Gasteiger partial charge in [0.1, 0.15) is 12.3 Å². The van der Waals surface area contributed by atoms with Crippen LogP contribution in [0.3, 0.4) is 0 Å². The largest absolute Gasteiger partial charge is 0.497 e. The molecule has 0 bridgehead atoms. The summed E-state index contributed by atoms with van der Waals surface area (Å²) in [7, 11) is 1.65. The molecule has 0 spiro atoms. The number of rotatable bonds is 9. The van der Waals surface area contributed by atoms with E-state index >= 15 is 0 Å². The van der Waals surface area contributed by atoms with Crippen LogP contribution in [0.1, 0.15) is 33.9 Å². The first kappa shape index (κ1) is 26.1. The molecule has 8 nitrogen and oxygen atoms in total. The molecule has 3 aromatic carbocycles. The summed E-state index contributed by atoms with van der Waals surface area (Å²) in [6.45, 7) is 4.84. The Morgan fingerprint density at radius 3 is 2.70 bits per heavy atom. The predicted molar refractivity (Wildman–Crippen MR) is 154 cm³/mol. The standard InChI is InChI=1S/C32H34N4O4/c1-39-23-9-6-8-22(20-23)30-29(26-12-4-5-13-27(26)34-30)31-24-10-2-3-11-25(24)32(38)36(31)21-28(37)33-14-7-15-35-16-18-40-19-17-35/h2-6,8-13,20,31,34H,7,14-19,21H2,1H3,(H,33,37)/t31-/m1/s1. The van der Waals surface area contributed by atoms with Crippen molar-refractivity contribution in [3.63, 3.8) is 0 Å². The van der Waals surface area contributed by atoms with Crippen molar-refractivity contribution >= 4 is 22.7 Å². The number of aromatic nitrogens is 1. The zero-order chi connectivity index (χ0) is 27.5. The summed E-state index contributed by atoms with van der Waals surface area (Å²) in [4.78, 5) is 34.6. The lowest BCUT2D eigenvalue weighted by Gasteiger charge is -2.27. The highest BCUT2D eigenvalue weighted by Gasteiger charge is 2.41. The summed E-state index contributed by atoms with van der Waals surface area (Å²) in [5.41, 5.74) is 5.35. The highest BCUT2D eigenvalue weighted by molar-refractivity contribution is 6.03. The highest BCUT2D eigenvalue weighted by atomic mass is 16.5. The fourth-order valence-corrected chi connectivity index (χ4v) is 5.86. The molecule has 6 rings (SSSR count). The van der Waals surface area contributed by atoms with E-state index < -0.39 is 6.04 Å². The second-order valence-corrected chi connectivity index (χ2v) is 10.3. The van der Waals surface area contributed by atoms with E-state index in [-0.39, 0.29) is 18.4 Å². The lowest BCUT2D eigenvalue weighted by molar-refractivity contribution is -0.122. The average Bonchev–Trinajstić information content (AvgIpc) is 3.51. The molecule has 0 aliphatic carbocycles. The van der Waals surface area contributed by atoms with E-state index in [1.165, 1.54) is 0 Å². The SMILES string of the molecule is COc1cccc(-c2[nH]c3ccccc3c2[C@H]2c3ccccc3C(=O)N2CC(=O)NCCCN2CCOCC2)c1. The molecular weight excluding hydrogens is 504 g/mol. The lowest BCUT2D eigenvalue weighted by atomic mass is 9.93. The van der Waals surface area contributed by atoms with Crippen molar-refractivity contribution in [2.45, 2.75) is 12.5 Å². The maximum Gasteiger partial charge on any atom is 0.255 e. The highest BCUT2D eigenvalue weighted by Crippen LogP contribution is 2.45. The van der Waals surface area contributed by atoms with Crippen molar-refractivity contribution in [3.8, 4) is 17.0 Å². The second kappa shape index (κ2) is 11.5. The van der Waals surface area contributed by atoms with Gasteiger partial charge in [0.05, 0.1) is 32.1 Å². The summed E-state index contributed by atoms with van der Waals surface area (Å²) in [6.07, 6.45) is 0.853. The minimum Gasteiger partial charge on any atom is -0.497 e. The number of methoxy groups -OCH3 is 1. The number of ether oxygens (including phenoxy) is 2. The molecule has 3 heterocycles. The number of aromatic amines is 1. The number of amides is 2. The maximum atomic E-state index is 13.8. The van der Waals surface area contributed by atoms with Crippen LogP contribution < -0.4 is 10.1 Å². The lowest BCUT2D eigenvalue weighted by Crippen LogP contribution is -2.41. The first-order valence-electron chi connectivity index (χ1n) is 13.9. The van der Waals surface area contributed by atoms with Gasteiger partial charge in [-0.15, -0.1) is 0 Å². The summed E-state index contributed by atoms with van der Waals surface area (Å²) in [6, 6.07) is 23.3. The molecule has 4 aromatic rings. The van der Waals surface area contributed by atoms with E-state index in [0.29, 0.717) is 12.1 Å². The van der Waals surface area contributed by atoms with Gasteiger partial charge >= 0.3 is 0 Å². The molecule has 0 unspecified atom stereocenters. The molecule has 2 aliphatic rings. The number of para-hydroxylation sites is 1. The number of carbonyl (C=O) groups is 2. The molecule has 40 heavy (non-hydrogen) atoms. The van der Waals surface area contributed by atoms with Crippen molar-refractivity contribution < 1.29 is 19.1 Å². The number of hydrogen-bond acceptors (Lipinski definition) is 5. The number of carbonyl (C=O) groups excluding carboxylic acids is 2. The van der Waals surface area contributed by atoms with Crippen LogP contribution in [-0.2, 0) is 9.53 Å². The molecule has 1 aromatic heterocycles. The van der Waals surface area contributed by atoms with Gasteiger partial charge in [-0.3, -0.25) is 14.5 Å². The van der Waals surface area contributed by atoms with Gasteiger partial charge in [0.15, 0.2) is 0 Å². The number of morpholine rings is 1. The van der Waals surface area contributed by atoms with Crippen LogP contribution in [0.4, 0.5) is 0 Å². The van der Waals surface area contributed by atoms with Gasteiger partial charge in [-0.25, -0.2) is 0 Å². The van der Waals surface area contributed by atoms with Gasteiger partial charge in [-0.1, -0.05) is 48.5 Å². The van der Waals surface area contributed by atoms with Crippen LogP contribution in [0, 0.1) is 0 Å². The molecular formula is C32H34N4O4. The van der Waals surface area contributed by atoms with Gasteiger partial charge < -0.3 is 24.7 Å². The zero-order valence-corrected chi connectivity index (χ0v) is 22.7. The van der Waals surface area contributed by atoms with Crippen molar-refractivity contribution in [1.82, 2.24) is 20.1 Å². The first-order chi connectivity index (χ1) is 19.6. The average molecular weight is 539 g/mol. The Balaban J connectivity index is 1.31. The molecule has 8 heteroatoms. The number of nitrogens with zero attached hydrogens (tertiary/aromatic N) is 2. The fraction of sp³-hybridized carbons (Fsp3) is 0.312. The number of benzene rings is 3. The summed E-state index contributed by atoms with van der Waals surface area (Å²) < 4.78 is 10.9. The van der Waals surface area contributed by atoms with Gasteiger partial charge in [0.2, 0.25) is 5.91 Å². The van der Waals surface area contributed by atoms with Gasteiger partial charge in [0, 0.05) is 47.2 Å². The van der Waals surface area contributed by atoms with Gasteiger partial charge in [-0.2, -0.15) is 0 Å². The van der Waals surface area contributed by atoms with Crippen LogP contribution in [0.2, 0.25) is 0 Å². The number of nitrogens with one attached hydrogen (secondary N) is 2. The Kier molecular flexibility index (Phi) is 7.53. The van der Waals surface area contributed by atoms with Crippen molar-refractivity contribution in [1.29, 1.82) is 0 Å². The molecule has 1 saturated heterocycles. The minimum atomic E-state index is -0.417. The normalized spacial score (nSPS) is 17.3. The van der Waals surface area contributed by atoms with Crippen molar-refractivity contribution in [3.05, 3.63) is 89.5 Å². The molecule has 1 fully saturated rings. The molecule has 2 amide bonds.